The average molecular weight is 148 g/mol. The summed E-state index contributed by atoms with van der Waals surface area (Å²) >= 11 is 0. The molecule has 0 heterocycles. The minimum Gasteiger partial charge on any atom is -0.395 e. The van der Waals surface area contributed by atoms with Gasteiger partial charge < -0.3 is 10.2 Å². The van der Waals surface area contributed by atoms with E-state index in [2.05, 4.69) is 0 Å². The fraction of sp³-hybridized carbons (Fsp3) is 1.00. The Balaban J connectivity index is 3.80. The van der Waals surface area contributed by atoms with Gasteiger partial charge in [-0.2, -0.15) is 0 Å². The smallest absolute Gasteiger partial charge is 0.0728 e. The maximum Gasteiger partial charge on any atom is 0.0728 e. The summed E-state index contributed by atoms with van der Waals surface area (Å²) in [6.45, 7) is 1.73. The summed E-state index contributed by atoms with van der Waals surface area (Å²) in [6.07, 6.45) is 0.0623. The van der Waals surface area contributed by atoms with Crippen LogP contribution < -0.4 is 5.84 Å². The molecule has 0 saturated carbocycles. The lowest BCUT2D eigenvalue weighted by Gasteiger charge is -2.25. The summed E-state index contributed by atoms with van der Waals surface area (Å²) in [4.78, 5) is 0. The molecular weight excluding hydrogens is 132 g/mol. The van der Waals surface area contributed by atoms with Crippen molar-refractivity contribution in [1.82, 2.24) is 5.01 Å². The standard InChI is InChI=1S/C6H16N2O2/c1-3-6(10)5(4-9)8(2)7/h5-6,9-10H,3-4,7H2,1-2H3/t5-,6?/m0/s1. The van der Waals surface area contributed by atoms with Crippen molar-refractivity contribution in [2.24, 2.45) is 5.84 Å². The van der Waals surface area contributed by atoms with Gasteiger partial charge in [-0.25, -0.2) is 5.01 Å². The van der Waals surface area contributed by atoms with Crippen LogP contribution in [0.15, 0.2) is 0 Å². The van der Waals surface area contributed by atoms with Gasteiger partial charge in [0.15, 0.2) is 0 Å². The van der Waals surface area contributed by atoms with E-state index < -0.39 is 6.10 Å². The Morgan fingerprint density at radius 2 is 2.10 bits per heavy atom. The molecule has 4 N–H and O–H groups in total. The van der Waals surface area contributed by atoms with E-state index in [9.17, 15) is 5.11 Å². The quantitative estimate of drug-likeness (QED) is 0.350. The zero-order chi connectivity index (χ0) is 8.15. The highest BCUT2D eigenvalue weighted by Crippen LogP contribution is 2.01. The van der Waals surface area contributed by atoms with Crippen molar-refractivity contribution in [2.75, 3.05) is 13.7 Å². The third kappa shape index (κ3) is 2.62. The Morgan fingerprint density at radius 1 is 1.60 bits per heavy atom. The van der Waals surface area contributed by atoms with Gasteiger partial charge in [0.05, 0.1) is 18.8 Å². The summed E-state index contributed by atoms with van der Waals surface area (Å²) in [5, 5.41) is 19.3. The number of rotatable bonds is 4. The second-order valence-electron chi connectivity index (χ2n) is 2.39. The predicted molar refractivity (Wildman–Crippen MR) is 39.1 cm³/mol. The summed E-state index contributed by atoms with van der Waals surface area (Å²) in [6, 6.07) is -0.343. The molecule has 1 unspecified atom stereocenters. The van der Waals surface area contributed by atoms with E-state index in [-0.39, 0.29) is 12.6 Å². The summed E-state index contributed by atoms with van der Waals surface area (Å²) in [5.74, 6) is 5.34. The first-order valence-corrected chi connectivity index (χ1v) is 3.39. The molecule has 0 saturated heterocycles. The molecule has 0 aromatic heterocycles. The van der Waals surface area contributed by atoms with Gasteiger partial charge in [0, 0.05) is 7.05 Å². The Labute approximate surface area is 61.2 Å². The van der Waals surface area contributed by atoms with E-state index >= 15 is 0 Å². The van der Waals surface area contributed by atoms with Gasteiger partial charge in [0.25, 0.3) is 0 Å². The molecule has 0 aliphatic heterocycles. The normalized spacial score (nSPS) is 17.4. The first-order chi connectivity index (χ1) is 4.63. The van der Waals surface area contributed by atoms with Crippen molar-refractivity contribution >= 4 is 0 Å². The predicted octanol–water partition coefficient (Wildman–Crippen LogP) is -1.08. The number of hydrazine groups is 1. The fourth-order valence-corrected chi connectivity index (χ4v) is 0.794. The molecule has 62 valence electrons. The first-order valence-electron chi connectivity index (χ1n) is 3.39. The summed E-state index contributed by atoms with van der Waals surface area (Å²) in [7, 11) is 1.62. The van der Waals surface area contributed by atoms with Gasteiger partial charge in [-0.1, -0.05) is 6.92 Å². The lowest BCUT2D eigenvalue weighted by atomic mass is 10.1. The van der Waals surface area contributed by atoms with E-state index in [1.165, 1.54) is 5.01 Å². The van der Waals surface area contributed by atoms with Crippen molar-refractivity contribution in [3.8, 4) is 0 Å². The van der Waals surface area contributed by atoms with Crippen LogP contribution in [0.1, 0.15) is 13.3 Å². The number of hydrogen-bond acceptors (Lipinski definition) is 4. The molecule has 0 aliphatic rings. The van der Waals surface area contributed by atoms with Gasteiger partial charge in [0.1, 0.15) is 0 Å². The van der Waals surface area contributed by atoms with Crippen LogP contribution in [0.5, 0.6) is 0 Å². The highest BCUT2D eigenvalue weighted by atomic mass is 16.3. The maximum absolute atomic E-state index is 9.21. The van der Waals surface area contributed by atoms with E-state index in [1.807, 2.05) is 6.92 Å². The minimum atomic E-state index is -0.542. The Kier molecular flexibility index (Phi) is 4.55. The van der Waals surface area contributed by atoms with E-state index in [0.29, 0.717) is 6.42 Å². The molecule has 0 fully saturated rings. The van der Waals surface area contributed by atoms with Gasteiger partial charge in [-0.15, -0.1) is 0 Å². The van der Waals surface area contributed by atoms with Crippen LogP contribution in [0.4, 0.5) is 0 Å². The molecule has 0 aromatic rings. The van der Waals surface area contributed by atoms with E-state index in [4.69, 9.17) is 10.9 Å². The van der Waals surface area contributed by atoms with Crippen LogP contribution in [-0.4, -0.2) is 41.0 Å². The second kappa shape index (κ2) is 4.62. The first kappa shape index (κ1) is 9.84. The van der Waals surface area contributed by atoms with E-state index in [1.54, 1.807) is 7.05 Å². The largest absolute Gasteiger partial charge is 0.395 e. The molecule has 0 aliphatic carbocycles. The van der Waals surface area contributed by atoms with Crippen molar-refractivity contribution < 1.29 is 10.2 Å². The Bertz CT molecular complexity index is 87.8. The van der Waals surface area contributed by atoms with Crippen LogP contribution >= 0.6 is 0 Å². The van der Waals surface area contributed by atoms with Crippen molar-refractivity contribution in [1.29, 1.82) is 0 Å². The van der Waals surface area contributed by atoms with Gasteiger partial charge in [-0.05, 0) is 6.42 Å². The van der Waals surface area contributed by atoms with Crippen LogP contribution in [-0.2, 0) is 0 Å². The third-order valence-electron chi connectivity index (χ3n) is 1.57. The number of hydrogen-bond donors (Lipinski definition) is 3. The number of aliphatic hydroxyl groups excluding tert-OH is 2. The average Bonchev–Trinajstić information content (AvgIpc) is 1.88. The molecule has 2 atom stereocenters. The molecule has 0 spiro atoms. The zero-order valence-corrected chi connectivity index (χ0v) is 6.49. The molecule has 4 heteroatoms. The van der Waals surface area contributed by atoms with E-state index in [0.717, 1.165) is 0 Å². The summed E-state index contributed by atoms with van der Waals surface area (Å²) in [5.41, 5.74) is 0. The Hall–Kier alpha value is -0.160. The lowest BCUT2D eigenvalue weighted by molar-refractivity contribution is 0.0262. The summed E-state index contributed by atoms with van der Waals surface area (Å²) < 4.78 is 0. The minimum absolute atomic E-state index is 0.109. The number of likely N-dealkylation sites (N-methyl/N-ethyl adjacent to an activating group) is 1. The fourth-order valence-electron chi connectivity index (χ4n) is 0.794. The third-order valence-corrected chi connectivity index (χ3v) is 1.57. The Morgan fingerprint density at radius 3 is 2.20 bits per heavy atom. The van der Waals surface area contributed by atoms with Gasteiger partial charge >= 0.3 is 0 Å². The van der Waals surface area contributed by atoms with Crippen LogP contribution in [0.3, 0.4) is 0 Å². The molecular formula is C6H16N2O2. The molecule has 10 heavy (non-hydrogen) atoms. The van der Waals surface area contributed by atoms with Crippen molar-refractivity contribution in [3.05, 3.63) is 0 Å². The topological polar surface area (TPSA) is 69.7 Å². The molecule has 0 rings (SSSR count). The van der Waals surface area contributed by atoms with Gasteiger partial charge in [-0.3, -0.25) is 5.84 Å². The number of nitrogens with zero attached hydrogens (tertiary/aromatic N) is 1. The molecule has 4 nitrogen and oxygen atoms in total. The lowest BCUT2D eigenvalue weighted by Crippen LogP contribution is -2.47. The SMILES string of the molecule is CCC(O)[C@H](CO)N(C)N. The van der Waals surface area contributed by atoms with Crippen LogP contribution in [0.25, 0.3) is 0 Å². The molecule has 0 radical (unpaired) electrons. The van der Waals surface area contributed by atoms with Crippen LogP contribution in [0.2, 0.25) is 0 Å². The zero-order valence-electron chi connectivity index (χ0n) is 6.49. The number of nitrogens with two attached hydrogens (primary N) is 1. The van der Waals surface area contributed by atoms with Crippen LogP contribution in [0, 0.1) is 0 Å². The highest BCUT2D eigenvalue weighted by Gasteiger charge is 2.18. The molecule has 0 bridgehead atoms. The molecule has 0 amide bonds. The number of aliphatic hydroxyl groups is 2. The highest BCUT2D eigenvalue weighted by molar-refractivity contribution is 4.71. The van der Waals surface area contributed by atoms with Crippen molar-refractivity contribution in [3.63, 3.8) is 0 Å². The molecule has 0 aromatic carbocycles. The van der Waals surface area contributed by atoms with Crippen molar-refractivity contribution in [2.45, 2.75) is 25.5 Å². The maximum atomic E-state index is 9.21. The second-order valence-corrected chi connectivity index (χ2v) is 2.39. The van der Waals surface area contributed by atoms with Gasteiger partial charge in [0.2, 0.25) is 0 Å². The monoisotopic (exact) mass is 148 g/mol.